The summed E-state index contributed by atoms with van der Waals surface area (Å²) < 4.78 is 0. The van der Waals surface area contributed by atoms with Crippen LogP contribution in [0.5, 0.6) is 0 Å². The lowest BCUT2D eigenvalue weighted by molar-refractivity contribution is 0.344. The van der Waals surface area contributed by atoms with E-state index in [2.05, 4.69) is 5.32 Å². The van der Waals surface area contributed by atoms with Crippen molar-refractivity contribution in [1.82, 2.24) is 10.3 Å². The molecule has 1 aliphatic rings. The van der Waals surface area contributed by atoms with E-state index in [0.717, 1.165) is 13.1 Å². The lowest BCUT2D eigenvalue weighted by Crippen LogP contribution is -2.33. The lowest BCUT2D eigenvalue weighted by Gasteiger charge is -2.07. The van der Waals surface area contributed by atoms with Gasteiger partial charge in [-0.05, 0) is 13.5 Å². The molecule has 0 aromatic heterocycles. The first kappa shape index (κ1) is 9.88. The van der Waals surface area contributed by atoms with Crippen LogP contribution < -0.4 is 11.2 Å². The highest BCUT2D eigenvalue weighted by atomic mass is 15.4. The van der Waals surface area contributed by atoms with Crippen LogP contribution in [0.2, 0.25) is 0 Å². The van der Waals surface area contributed by atoms with Gasteiger partial charge in [-0.1, -0.05) is 13.8 Å². The molecule has 3 nitrogen and oxygen atoms in total. The Morgan fingerprint density at radius 1 is 1.50 bits per heavy atom. The number of likely N-dealkylation sites (N-methyl/N-ethyl adjacent to an activating group) is 1. The predicted molar refractivity (Wildman–Crippen MR) is 44.6 cm³/mol. The molecule has 1 heterocycles. The maximum absolute atomic E-state index is 5.49. The van der Waals surface area contributed by atoms with Gasteiger partial charge < -0.3 is 5.32 Å². The van der Waals surface area contributed by atoms with Gasteiger partial charge in [0.1, 0.15) is 0 Å². The molecular formula is C7H19N3. The summed E-state index contributed by atoms with van der Waals surface area (Å²) in [6.45, 7) is 6.03. The molecule has 1 aliphatic heterocycles. The van der Waals surface area contributed by atoms with Gasteiger partial charge in [0.15, 0.2) is 0 Å². The average molecular weight is 145 g/mol. The van der Waals surface area contributed by atoms with Crippen molar-refractivity contribution >= 4 is 0 Å². The lowest BCUT2D eigenvalue weighted by atomic mass is 10.3. The monoisotopic (exact) mass is 145 g/mol. The number of hydrogen-bond acceptors (Lipinski definition) is 3. The zero-order valence-corrected chi connectivity index (χ0v) is 7.22. The topological polar surface area (TPSA) is 41.3 Å². The molecule has 0 saturated carbocycles. The van der Waals surface area contributed by atoms with Crippen LogP contribution in [-0.2, 0) is 0 Å². The summed E-state index contributed by atoms with van der Waals surface area (Å²) in [6, 6.07) is 0.625. The third-order valence-corrected chi connectivity index (χ3v) is 1.63. The fraction of sp³-hybridized carbons (Fsp3) is 1.00. The van der Waals surface area contributed by atoms with Crippen LogP contribution >= 0.6 is 0 Å². The Bertz CT molecular complexity index is 75.3. The first-order valence-corrected chi connectivity index (χ1v) is 4.00. The zero-order chi connectivity index (χ0) is 7.98. The van der Waals surface area contributed by atoms with E-state index in [4.69, 9.17) is 5.84 Å². The second kappa shape index (κ2) is 5.65. The minimum absolute atomic E-state index is 0.625. The molecule has 0 radical (unpaired) electrons. The van der Waals surface area contributed by atoms with E-state index in [1.54, 1.807) is 0 Å². The third kappa shape index (κ3) is 3.15. The van der Waals surface area contributed by atoms with Gasteiger partial charge in [-0.15, -0.1) is 0 Å². The predicted octanol–water partition coefficient (Wildman–Crippen LogP) is 0.180. The van der Waals surface area contributed by atoms with E-state index in [1.807, 2.05) is 25.9 Å². The van der Waals surface area contributed by atoms with Crippen LogP contribution in [0.4, 0.5) is 0 Å². The molecule has 1 unspecified atom stereocenters. The second-order valence-corrected chi connectivity index (χ2v) is 2.27. The van der Waals surface area contributed by atoms with Crippen LogP contribution in [0.3, 0.4) is 0 Å². The molecule has 3 heteroatoms. The molecular weight excluding hydrogens is 126 g/mol. The normalized spacial score (nSPS) is 25.8. The fourth-order valence-electron chi connectivity index (χ4n) is 1.02. The van der Waals surface area contributed by atoms with Gasteiger partial charge in [-0.25, -0.2) is 5.01 Å². The number of nitrogens with zero attached hydrogens (tertiary/aromatic N) is 1. The molecule has 0 aromatic rings. The van der Waals surface area contributed by atoms with Crippen molar-refractivity contribution in [3.63, 3.8) is 0 Å². The fourth-order valence-corrected chi connectivity index (χ4v) is 1.02. The van der Waals surface area contributed by atoms with Gasteiger partial charge in [0, 0.05) is 19.1 Å². The summed E-state index contributed by atoms with van der Waals surface area (Å²) in [5.41, 5.74) is 0. The first-order valence-electron chi connectivity index (χ1n) is 4.00. The van der Waals surface area contributed by atoms with E-state index in [1.165, 1.54) is 6.42 Å². The summed E-state index contributed by atoms with van der Waals surface area (Å²) in [7, 11) is 1.98. The molecule has 0 aromatic carbocycles. The van der Waals surface area contributed by atoms with E-state index in [-0.39, 0.29) is 0 Å². The Kier molecular flexibility index (Phi) is 5.58. The Morgan fingerprint density at radius 3 is 2.30 bits per heavy atom. The van der Waals surface area contributed by atoms with Crippen molar-refractivity contribution in [3.8, 4) is 0 Å². The average Bonchev–Trinajstić information content (AvgIpc) is 2.40. The van der Waals surface area contributed by atoms with Crippen molar-refractivity contribution in [2.45, 2.75) is 26.3 Å². The van der Waals surface area contributed by atoms with Gasteiger partial charge in [0.25, 0.3) is 0 Å². The highest BCUT2D eigenvalue weighted by Gasteiger charge is 2.16. The molecule has 1 fully saturated rings. The van der Waals surface area contributed by atoms with Crippen molar-refractivity contribution in [3.05, 3.63) is 0 Å². The van der Waals surface area contributed by atoms with Crippen LogP contribution in [0, 0.1) is 0 Å². The quantitative estimate of drug-likeness (QED) is 0.517. The molecule has 3 N–H and O–H groups in total. The minimum atomic E-state index is 0.625. The van der Waals surface area contributed by atoms with Crippen LogP contribution in [0.25, 0.3) is 0 Å². The van der Waals surface area contributed by atoms with Crippen LogP contribution in [0.1, 0.15) is 20.3 Å². The van der Waals surface area contributed by atoms with Gasteiger partial charge in [0.05, 0.1) is 0 Å². The summed E-state index contributed by atoms with van der Waals surface area (Å²) in [5.74, 6) is 5.49. The molecule has 1 rings (SSSR count). The summed E-state index contributed by atoms with van der Waals surface area (Å²) in [6.07, 6.45) is 1.19. The molecule has 0 spiro atoms. The van der Waals surface area contributed by atoms with Crippen molar-refractivity contribution in [1.29, 1.82) is 0 Å². The zero-order valence-electron chi connectivity index (χ0n) is 7.22. The number of rotatable bonds is 1. The maximum Gasteiger partial charge on any atom is 0.0283 e. The Balaban J connectivity index is 0.000000371. The van der Waals surface area contributed by atoms with Crippen molar-refractivity contribution in [2.24, 2.45) is 5.84 Å². The van der Waals surface area contributed by atoms with Crippen molar-refractivity contribution in [2.75, 3.05) is 20.1 Å². The summed E-state index contributed by atoms with van der Waals surface area (Å²) >= 11 is 0. The molecule has 10 heavy (non-hydrogen) atoms. The second-order valence-electron chi connectivity index (χ2n) is 2.27. The largest absolute Gasteiger partial charge is 0.316 e. The third-order valence-electron chi connectivity index (χ3n) is 1.63. The first-order chi connectivity index (χ1) is 4.83. The Hall–Kier alpha value is -0.120. The number of nitrogens with two attached hydrogens (primary N) is 1. The summed E-state index contributed by atoms with van der Waals surface area (Å²) in [4.78, 5) is 0. The van der Waals surface area contributed by atoms with E-state index >= 15 is 0 Å². The molecule has 1 atom stereocenters. The van der Waals surface area contributed by atoms with Gasteiger partial charge in [0.2, 0.25) is 0 Å². The van der Waals surface area contributed by atoms with Gasteiger partial charge in [-0.2, -0.15) is 0 Å². The van der Waals surface area contributed by atoms with Crippen LogP contribution in [-0.4, -0.2) is 31.2 Å². The van der Waals surface area contributed by atoms with E-state index in [0.29, 0.717) is 6.04 Å². The number of hydrazine groups is 1. The molecule has 1 saturated heterocycles. The van der Waals surface area contributed by atoms with Crippen LogP contribution in [0.15, 0.2) is 0 Å². The van der Waals surface area contributed by atoms with E-state index < -0.39 is 0 Å². The highest BCUT2D eigenvalue weighted by Crippen LogP contribution is 2.02. The number of hydrogen-bond donors (Lipinski definition) is 2. The van der Waals surface area contributed by atoms with Gasteiger partial charge >= 0.3 is 0 Å². The molecule has 62 valence electrons. The SMILES string of the molecule is CC.CNC1CCN(N)C1. The molecule has 0 amide bonds. The molecule has 0 aliphatic carbocycles. The van der Waals surface area contributed by atoms with Crippen molar-refractivity contribution < 1.29 is 0 Å². The highest BCUT2D eigenvalue weighted by molar-refractivity contribution is 4.75. The minimum Gasteiger partial charge on any atom is -0.316 e. The Morgan fingerprint density at radius 2 is 2.10 bits per heavy atom. The van der Waals surface area contributed by atoms with E-state index in [9.17, 15) is 0 Å². The summed E-state index contributed by atoms with van der Waals surface area (Å²) in [5, 5.41) is 5.02. The standard InChI is InChI=1S/C5H13N3.C2H6/c1-7-5-2-3-8(6)4-5;1-2/h5,7H,2-4,6H2,1H3;1-2H3. The van der Waals surface area contributed by atoms with Gasteiger partial charge in [-0.3, -0.25) is 5.84 Å². The molecule has 0 bridgehead atoms. The smallest absolute Gasteiger partial charge is 0.0283 e. The maximum atomic E-state index is 5.49. The Labute approximate surface area is 63.5 Å². The number of nitrogens with one attached hydrogen (secondary N) is 1.